The number of thiazole rings is 1. The van der Waals surface area contributed by atoms with E-state index in [1.54, 1.807) is 11.3 Å². The molecule has 0 aromatic carbocycles. The van der Waals surface area contributed by atoms with E-state index in [-0.39, 0.29) is 0 Å². The Morgan fingerprint density at radius 1 is 1.77 bits per heavy atom. The van der Waals surface area contributed by atoms with Gasteiger partial charge >= 0.3 is 0 Å². The minimum atomic E-state index is 0.314. The van der Waals surface area contributed by atoms with Gasteiger partial charge in [0.2, 0.25) is 0 Å². The van der Waals surface area contributed by atoms with Gasteiger partial charge in [0.1, 0.15) is 0 Å². The van der Waals surface area contributed by atoms with Gasteiger partial charge in [0.15, 0.2) is 5.13 Å². The summed E-state index contributed by atoms with van der Waals surface area (Å²) in [5.41, 5.74) is 1.19. The lowest BCUT2D eigenvalue weighted by Gasteiger charge is -2.12. The van der Waals surface area contributed by atoms with Crippen molar-refractivity contribution in [2.75, 3.05) is 18.0 Å². The Morgan fingerprint density at radius 3 is 3.15 bits per heavy atom. The summed E-state index contributed by atoms with van der Waals surface area (Å²) >= 11 is 7.76. The molecule has 1 atom stereocenters. The summed E-state index contributed by atoms with van der Waals surface area (Å²) in [4.78, 5) is 6.81. The smallest absolute Gasteiger partial charge is 0.185 e. The molecular formula is C9H13ClN2S. The summed E-state index contributed by atoms with van der Waals surface area (Å²) in [6, 6.07) is 0. The van der Waals surface area contributed by atoms with Gasteiger partial charge < -0.3 is 4.90 Å². The second-order valence-corrected chi connectivity index (χ2v) is 4.76. The van der Waals surface area contributed by atoms with Crippen molar-refractivity contribution < 1.29 is 0 Å². The lowest BCUT2D eigenvalue weighted by molar-refractivity contribution is 0.941. The van der Waals surface area contributed by atoms with Gasteiger partial charge in [-0.3, -0.25) is 0 Å². The third-order valence-electron chi connectivity index (χ3n) is 2.30. The Labute approximate surface area is 87.5 Å². The molecule has 0 radical (unpaired) electrons. The molecule has 0 amide bonds. The summed E-state index contributed by atoms with van der Waals surface area (Å²) in [7, 11) is 0. The first kappa shape index (κ1) is 9.28. The Morgan fingerprint density at radius 2 is 2.62 bits per heavy atom. The maximum absolute atomic E-state index is 6.03. The summed E-state index contributed by atoms with van der Waals surface area (Å²) in [5.74, 6) is 0. The van der Waals surface area contributed by atoms with Crippen LogP contribution in [-0.2, 0) is 6.42 Å². The fraction of sp³-hybridized carbons (Fsp3) is 0.667. The first-order valence-corrected chi connectivity index (χ1v) is 5.94. The summed E-state index contributed by atoms with van der Waals surface area (Å²) in [6.07, 6.45) is 2.11. The minimum Gasteiger partial charge on any atom is -0.347 e. The van der Waals surface area contributed by atoms with Crippen LogP contribution in [0.15, 0.2) is 5.38 Å². The van der Waals surface area contributed by atoms with Crippen molar-refractivity contribution >= 4 is 28.1 Å². The lowest BCUT2D eigenvalue weighted by atomic mass is 10.4. The molecule has 2 heterocycles. The van der Waals surface area contributed by atoms with Crippen molar-refractivity contribution in [1.82, 2.24) is 4.98 Å². The lowest BCUT2D eigenvalue weighted by Crippen LogP contribution is -2.19. The van der Waals surface area contributed by atoms with Crippen LogP contribution in [0.2, 0.25) is 0 Å². The van der Waals surface area contributed by atoms with Gasteiger partial charge in [-0.1, -0.05) is 6.92 Å². The van der Waals surface area contributed by atoms with Crippen molar-refractivity contribution in [3.8, 4) is 0 Å². The summed E-state index contributed by atoms with van der Waals surface area (Å²) < 4.78 is 0. The van der Waals surface area contributed by atoms with Crippen LogP contribution in [0.25, 0.3) is 0 Å². The van der Waals surface area contributed by atoms with Crippen molar-refractivity contribution in [3.05, 3.63) is 11.1 Å². The number of anilines is 1. The molecule has 1 aromatic rings. The Kier molecular flexibility index (Phi) is 2.74. The fourth-order valence-electron chi connectivity index (χ4n) is 1.50. The van der Waals surface area contributed by atoms with Crippen LogP contribution in [0.3, 0.4) is 0 Å². The number of nitrogens with zero attached hydrogens (tertiary/aromatic N) is 2. The Bertz CT molecular complexity index is 287. The molecule has 1 aliphatic rings. The zero-order valence-corrected chi connectivity index (χ0v) is 9.24. The Hall–Kier alpha value is -0.280. The number of rotatable bonds is 2. The number of hydrogen-bond donors (Lipinski definition) is 0. The molecular weight excluding hydrogens is 204 g/mol. The second kappa shape index (κ2) is 3.84. The van der Waals surface area contributed by atoms with Gasteiger partial charge in [-0.05, 0) is 12.8 Å². The molecule has 1 saturated heterocycles. The summed E-state index contributed by atoms with van der Waals surface area (Å²) in [5, 5.41) is 3.59. The molecule has 0 saturated carbocycles. The van der Waals surface area contributed by atoms with E-state index in [1.165, 1.54) is 5.69 Å². The van der Waals surface area contributed by atoms with E-state index < -0.39 is 0 Å². The predicted octanol–water partition coefficient (Wildman–Crippen LogP) is 2.52. The third-order valence-corrected chi connectivity index (χ3v) is 3.61. The quantitative estimate of drug-likeness (QED) is 0.707. The topological polar surface area (TPSA) is 16.1 Å². The zero-order chi connectivity index (χ0) is 9.26. The molecule has 13 heavy (non-hydrogen) atoms. The first-order chi connectivity index (χ1) is 6.29. The highest BCUT2D eigenvalue weighted by Gasteiger charge is 2.22. The van der Waals surface area contributed by atoms with Crippen LogP contribution in [-0.4, -0.2) is 23.5 Å². The average molecular weight is 217 g/mol. The van der Waals surface area contributed by atoms with E-state index in [1.807, 2.05) is 0 Å². The van der Waals surface area contributed by atoms with Crippen molar-refractivity contribution in [3.63, 3.8) is 0 Å². The molecule has 1 aromatic heterocycles. The largest absolute Gasteiger partial charge is 0.347 e. The molecule has 2 rings (SSSR count). The summed E-state index contributed by atoms with van der Waals surface area (Å²) in [6.45, 7) is 4.15. The van der Waals surface area contributed by atoms with E-state index in [4.69, 9.17) is 11.6 Å². The second-order valence-electron chi connectivity index (χ2n) is 3.31. The SMILES string of the molecule is CCc1csc(N2CCC(Cl)C2)n1. The Balaban J connectivity index is 2.08. The number of hydrogen-bond acceptors (Lipinski definition) is 3. The highest BCUT2D eigenvalue weighted by molar-refractivity contribution is 7.13. The average Bonchev–Trinajstić information content (AvgIpc) is 2.71. The molecule has 1 aliphatic heterocycles. The molecule has 72 valence electrons. The predicted molar refractivity (Wildman–Crippen MR) is 58.0 cm³/mol. The van der Waals surface area contributed by atoms with Gasteiger partial charge in [0, 0.05) is 18.5 Å². The molecule has 1 fully saturated rings. The molecule has 2 nitrogen and oxygen atoms in total. The molecule has 0 spiro atoms. The van der Waals surface area contributed by atoms with E-state index in [0.29, 0.717) is 5.38 Å². The molecule has 0 bridgehead atoms. The van der Waals surface area contributed by atoms with Crippen LogP contribution >= 0.6 is 22.9 Å². The zero-order valence-electron chi connectivity index (χ0n) is 7.66. The van der Waals surface area contributed by atoms with Crippen LogP contribution in [0.5, 0.6) is 0 Å². The maximum Gasteiger partial charge on any atom is 0.185 e. The monoisotopic (exact) mass is 216 g/mol. The molecule has 0 N–H and O–H groups in total. The molecule has 0 aliphatic carbocycles. The van der Waals surface area contributed by atoms with Gasteiger partial charge in [-0.2, -0.15) is 0 Å². The van der Waals surface area contributed by atoms with Crippen LogP contribution in [0.1, 0.15) is 19.0 Å². The fourth-order valence-corrected chi connectivity index (χ4v) is 2.71. The number of halogens is 1. The first-order valence-electron chi connectivity index (χ1n) is 4.63. The van der Waals surface area contributed by atoms with Gasteiger partial charge in [0.25, 0.3) is 0 Å². The molecule has 4 heteroatoms. The van der Waals surface area contributed by atoms with Crippen molar-refractivity contribution in [2.24, 2.45) is 0 Å². The normalized spacial score (nSPS) is 22.6. The van der Waals surface area contributed by atoms with Crippen molar-refractivity contribution in [2.45, 2.75) is 25.1 Å². The van der Waals surface area contributed by atoms with Crippen LogP contribution in [0, 0.1) is 0 Å². The number of aromatic nitrogens is 1. The van der Waals surface area contributed by atoms with Crippen LogP contribution in [0.4, 0.5) is 5.13 Å². The van der Waals surface area contributed by atoms with E-state index in [2.05, 4.69) is 22.2 Å². The highest BCUT2D eigenvalue weighted by Crippen LogP contribution is 2.26. The highest BCUT2D eigenvalue weighted by atomic mass is 35.5. The van der Waals surface area contributed by atoms with Gasteiger partial charge in [-0.15, -0.1) is 22.9 Å². The number of alkyl halides is 1. The van der Waals surface area contributed by atoms with Gasteiger partial charge in [0.05, 0.1) is 11.1 Å². The van der Waals surface area contributed by atoms with E-state index in [9.17, 15) is 0 Å². The van der Waals surface area contributed by atoms with E-state index in [0.717, 1.165) is 31.1 Å². The third kappa shape index (κ3) is 1.97. The van der Waals surface area contributed by atoms with E-state index >= 15 is 0 Å². The van der Waals surface area contributed by atoms with Gasteiger partial charge in [-0.25, -0.2) is 4.98 Å². The maximum atomic E-state index is 6.03. The standard InChI is InChI=1S/C9H13ClN2S/c1-2-8-6-13-9(11-8)12-4-3-7(10)5-12/h6-7H,2-5H2,1H3. The minimum absolute atomic E-state index is 0.314. The van der Waals surface area contributed by atoms with Crippen LogP contribution < -0.4 is 4.90 Å². The number of aryl methyl sites for hydroxylation is 1. The van der Waals surface area contributed by atoms with Crippen molar-refractivity contribution in [1.29, 1.82) is 0 Å². The molecule has 1 unspecified atom stereocenters.